The number of nitrogens with zero attached hydrogens (tertiary/aromatic N) is 1. The number of carbonyl (C=O) groups is 1. The SMILES string of the molecule is COc1cccc2c1OCC(NC(=O)C1(c3cccnc3)CCCC1)C2. The zero-order valence-corrected chi connectivity index (χ0v) is 15.0. The van der Waals surface area contributed by atoms with E-state index in [1.165, 1.54) is 0 Å². The van der Waals surface area contributed by atoms with E-state index < -0.39 is 5.41 Å². The van der Waals surface area contributed by atoms with Gasteiger partial charge in [-0.25, -0.2) is 0 Å². The highest BCUT2D eigenvalue weighted by molar-refractivity contribution is 5.88. The van der Waals surface area contributed by atoms with Gasteiger partial charge in [0.1, 0.15) is 6.61 Å². The average molecular weight is 352 g/mol. The number of hydrogen-bond donors (Lipinski definition) is 1. The summed E-state index contributed by atoms with van der Waals surface area (Å²) < 4.78 is 11.3. The number of para-hydroxylation sites is 1. The molecule has 2 aromatic rings. The van der Waals surface area contributed by atoms with Crippen LogP contribution in [0.4, 0.5) is 0 Å². The van der Waals surface area contributed by atoms with Crippen molar-refractivity contribution in [3.8, 4) is 11.5 Å². The largest absolute Gasteiger partial charge is 0.493 e. The predicted molar refractivity (Wildman–Crippen MR) is 98.5 cm³/mol. The maximum atomic E-state index is 13.3. The first kappa shape index (κ1) is 16.9. The van der Waals surface area contributed by atoms with E-state index in [-0.39, 0.29) is 11.9 Å². The van der Waals surface area contributed by atoms with Gasteiger partial charge in [0, 0.05) is 18.0 Å². The van der Waals surface area contributed by atoms with E-state index in [2.05, 4.69) is 10.3 Å². The molecule has 1 fully saturated rings. The second-order valence-corrected chi connectivity index (χ2v) is 7.16. The Labute approximate surface area is 153 Å². The number of hydrogen-bond acceptors (Lipinski definition) is 4. The van der Waals surface area contributed by atoms with Crippen LogP contribution >= 0.6 is 0 Å². The lowest BCUT2D eigenvalue weighted by Crippen LogP contribution is -2.50. The van der Waals surface area contributed by atoms with Crippen molar-refractivity contribution in [2.75, 3.05) is 13.7 Å². The lowest BCUT2D eigenvalue weighted by molar-refractivity contribution is -0.127. The summed E-state index contributed by atoms with van der Waals surface area (Å²) in [5.41, 5.74) is 1.64. The molecule has 2 heterocycles. The van der Waals surface area contributed by atoms with E-state index in [4.69, 9.17) is 9.47 Å². The van der Waals surface area contributed by atoms with Crippen molar-refractivity contribution in [3.63, 3.8) is 0 Å². The van der Waals surface area contributed by atoms with Crippen molar-refractivity contribution in [3.05, 3.63) is 53.9 Å². The predicted octanol–water partition coefficient (Wildman–Crippen LogP) is 3.02. The van der Waals surface area contributed by atoms with E-state index >= 15 is 0 Å². The van der Waals surface area contributed by atoms with Gasteiger partial charge in [-0.05, 0) is 37.0 Å². The number of methoxy groups -OCH3 is 1. The molecule has 0 bridgehead atoms. The number of ether oxygens (including phenoxy) is 2. The van der Waals surface area contributed by atoms with Crippen LogP contribution in [0.15, 0.2) is 42.7 Å². The average Bonchev–Trinajstić information content (AvgIpc) is 3.19. The lowest BCUT2D eigenvalue weighted by atomic mass is 9.78. The number of pyridine rings is 1. The molecule has 1 aliphatic carbocycles. The topological polar surface area (TPSA) is 60.5 Å². The van der Waals surface area contributed by atoms with E-state index in [0.29, 0.717) is 6.61 Å². The number of benzene rings is 1. The van der Waals surface area contributed by atoms with Crippen molar-refractivity contribution in [2.24, 2.45) is 0 Å². The van der Waals surface area contributed by atoms with Crippen molar-refractivity contribution in [1.82, 2.24) is 10.3 Å². The molecular formula is C21H24N2O3. The highest BCUT2D eigenvalue weighted by Gasteiger charge is 2.43. The quantitative estimate of drug-likeness (QED) is 0.919. The standard InChI is InChI=1S/C21H24N2O3/c1-25-18-8-4-6-15-12-17(14-26-19(15)18)23-20(24)21(9-2-3-10-21)16-7-5-11-22-13-16/h4-8,11,13,17H,2-3,9-10,12,14H2,1H3,(H,23,24). The molecule has 1 saturated carbocycles. The summed E-state index contributed by atoms with van der Waals surface area (Å²) >= 11 is 0. The first-order chi connectivity index (χ1) is 12.7. The van der Waals surface area contributed by atoms with Crippen LogP contribution in [-0.4, -0.2) is 30.6 Å². The Bertz CT molecular complexity index is 785. The second kappa shape index (κ2) is 6.98. The minimum Gasteiger partial charge on any atom is -0.493 e. The van der Waals surface area contributed by atoms with Crippen LogP contribution in [0.25, 0.3) is 0 Å². The van der Waals surface area contributed by atoms with Crippen molar-refractivity contribution in [1.29, 1.82) is 0 Å². The monoisotopic (exact) mass is 352 g/mol. The maximum Gasteiger partial charge on any atom is 0.231 e. The first-order valence-electron chi connectivity index (χ1n) is 9.23. The Balaban J connectivity index is 1.53. The zero-order valence-electron chi connectivity index (χ0n) is 15.0. The van der Waals surface area contributed by atoms with Crippen LogP contribution in [0.3, 0.4) is 0 Å². The summed E-state index contributed by atoms with van der Waals surface area (Å²) in [6.07, 6.45) is 8.24. The number of carbonyl (C=O) groups excluding carboxylic acids is 1. The summed E-state index contributed by atoms with van der Waals surface area (Å²) in [5.74, 6) is 1.64. The minimum absolute atomic E-state index is 0.0312. The van der Waals surface area contributed by atoms with Crippen LogP contribution in [0, 0.1) is 0 Å². The van der Waals surface area contributed by atoms with Crippen molar-refractivity contribution >= 4 is 5.91 Å². The van der Waals surface area contributed by atoms with Gasteiger partial charge in [-0.1, -0.05) is 31.0 Å². The number of fused-ring (bicyclic) bond motifs is 1. The highest BCUT2D eigenvalue weighted by Crippen LogP contribution is 2.41. The molecule has 0 spiro atoms. The third-order valence-corrected chi connectivity index (χ3v) is 5.62. The van der Waals surface area contributed by atoms with Crippen LogP contribution < -0.4 is 14.8 Å². The number of nitrogens with one attached hydrogen (secondary N) is 1. The Hall–Kier alpha value is -2.56. The molecule has 1 aliphatic heterocycles. The van der Waals surface area contributed by atoms with Crippen molar-refractivity contribution < 1.29 is 14.3 Å². The summed E-state index contributed by atoms with van der Waals surface area (Å²) in [4.78, 5) is 17.5. The molecule has 5 heteroatoms. The summed E-state index contributed by atoms with van der Waals surface area (Å²) in [5, 5.41) is 3.25. The molecule has 5 nitrogen and oxygen atoms in total. The first-order valence-corrected chi connectivity index (χ1v) is 9.23. The van der Waals surface area contributed by atoms with Gasteiger partial charge in [0.15, 0.2) is 11.5 Å². The summed E-state index contributed by atoms with van der Waals surface area (Å²) in [7, 11) is 1.64. The fourth-order valence-electron chi connectivity index (χ4n) is 4.24. The Morgan fingerprint density at radius 1 is 1.27 bits per heavy atom. The molecule has 0 radical (unpaired) electrons. The molecule has 2 aliphatic rings. The van der Waals surface area contributed by atoms with Gasteiger partial charge in [0.05, 0.1) is 18.6 Å². The molecule has 26 heavy (non-hydrogen) atoms. The zero-order chi connectivity index (χ0) is 18.0. The van der Waals surface area contributed by atoms with E-state index in [0.717, 1.165) is 54.7 Å². The highest BCUT2D eigenvalue weighted by atomic mass is 16.5. The molecule has 1 amide bonds. The van der Waals surface area contributed by atoms with E-state index in [1.54, 1.807) is 13.3 Å². The third kappa shape index (κ3) is 2.91. The van der Waals surface area contributed by atoms with Gasteiger partial charge in [-0.3, -0.25) is 9.78 Å². The smallest absolute Gasteiger partial charge is 0.231 e. The van der Waals surface area contributed by atoms with Gasteiger partial charge in [0.25, 0.3) is 0 Å². The van der Waals surface area contributed by atoms with Crippen LogP contribution in [0.2, 0.25) is 0 Å². The van der Waals surface area contributed by atoms with Gasteiger partial charge < -0.3 is 14.8 Å². The molecular weight excluding hydrogens is 328 g/mol. The van der Waals surface area contributed by atoms with Gasteiger partial charge in [-0.15, -0.1) is 0 Å². The molecule has 1 aromatic heterocycles. The molecule has 1 N–H and O–H groups in total. The Morgan fingerprint density at radius 2 is 2.12 bits per heavy atom. The van der Waals surface area contributed by atoms with Crippen LogP contribution in [0.5, 0.6) is 11.5 Å². The van der Waals surface area contributed by atoms with Crippen molar-refractivity contribution in [2.45, 2.75) is 43.6 Å². The normalized spacial score (nSPS) is 20.7. The molecule has 1 aromatic carbocycles. The van der Waals surface area contributed by atoms with Gasteiger partial charge >= 0.3 is 0 Å². The fourth-order valence-corrected chi connectivity index (χ4v) is 4.24. The Morgan fingerprint density at radius 3 is 2.85 bits per heavy atom. The number of aromatic nitrogens is 1. The molecule has 136 valence electrons. The third-order valence-electron chi connectivity index (χ3n) is 5.62. The summed E-state index contributed by atoms with van der Waals surface area (Å²) in [6.45, 7) is 0.461. The van der Waals surface area contributed by atoms with Crippen LogP contribution in [0.1, 0.15) is 36.8 Å². The fraction of sp³-hybridized carbons (Fsp3) is 0.429. The second-order valence-electron chi connectivity index (χ2n) is 7.16. The minimum atomic E-state index is -0.455. The van der Waals surface area contributed by atoms with E-state index in [1.807, 2.05) is 36.5 Å². The van der Waals surface area contributed by atoms with Crippen LogP contribution in [-0.2, 0) is 16.6 Å². The molecule has 0 saturated heterocycles. The number of amides is 1. The van der Waals surface area contributed by atoms with E-state index in [9.17, 15) is 4.79 Å². The molecule has 1 atom stereocenters. The maximum absolute atomic E-state index is 13.3. The molecule has 1 unspecified atom stereocenters. The number of rotatable bonds is 4. The Kier molecular flexibility index (Phi) is 4.53. The lowest BCUT2D eigenvalue weighted by Gasteiger charge is -2.32. The van der Waals surface area contributed by atoms with Gasteiger partial charge in [0.2, 0.25) is 5.91 Å². The van der Waals surface area contributed by atoms with Gasteiger partial charge in [-0.2, -0.15) is 0 Å². The molecule has 4 rings (SSSR count). The summed E-state index contributed by atoms with van der Waals surface area (Å²) in [6, 6.07) is 9.79.